The number of benzene rings is 1. The van der Waals surface area contributed by atoms with Gasteiger partial charge in [0.1, 0.15) is 17.7 Å². The molecule has 0 spiro atoms. The first-order chi connectivity index (χ1) is 15.9. The summed E-state index contributed by atoms with van der Waals surface area (Å²) in [6.45, 7) is 0. The van der Waals surface area contributed by atoms with Gasteiger partial charge in [-0.1, -0.05) is 6.07 Å². The van der Waals surface area contributed by atoms with E-state index in [1.165, 1.54) is 6.20 Å². The lowest BCUT2D eigenvalue weighted by Gasteiger charge is -2.38. The highest BCUT2D eigenvalue weighted by atomic mass is 19.3. The molecule has 1 aliphatic rings. The molecule has 33 heavy (non-hydrogen) atoms. The lowest BCUT2D eigenvalue weighted by atomic mass is 9.87. The van der Waals surface area contributed by atoms with Crippen molar-refractivity contribution in [2.45, 2.75) is 37.3 Å². The highest BCUT2D eigenvalue weighted by Gasteiger charge is 2.48. The van der Waals surface area contributed by atoms with Gasteiger partial charge in [-0.05, 0) is 37.1 Å². The smallest absolute Gasteiger partial charge is 0.404 e. The average molecular weight is 454 g/mol. The molecule has 2 atom stereocenters. The monoisotopic (exact) mass is 454 g/mol. The van der Waals surface area contributed by atoms with Gasteiger partial charge in [-0.3, -0.25) is 0 Å². The van der Waals surface area contributed by atoms with Gasteiger partial charge in [0.25, 0.3) is 5.92 Å². The molecule has 12 heteroatoms. The zero-order valence-electron chi connectivity index (χ0n) is 17.2. The van der Waals surface area contributed by atoms with Crippen LogP contribution in [0.25, 0.3) is 5.69 Å². The van der Waals surface area contributed by atoms with Gasteiger partial charge in [0.05, 0.1) is 17.9 Å². The molecule has 3 aromatic rings. The van der Waals surface area contributed by atoms with Crippen LogP contribution < -0.4 is 16.0 Å². The summed E-state index contributed by atoms with van der Waals surface area (Å²) in [5, 5.41) is 30.4. The number of carbonyl (C=O) groups is 1. The minimum absolute atomic E-state index is 0.112. The Hall–Kier alpha value is -4.27. The standard InChI is InChI=1S/C21H20F2N8O2/c22-21(23)7-2-6-16(28-20(32)33)17(21)29-19-25-12-13(11-24)18(30-19)27-14-4-1-5-15(10-14)31-9-3-8-26-31/h1,3-5,8-10,12,16-17,28H,2,6-7H2,(H,32,33)(H2,25,27,29,30)/t16-,17-/m0/s1. The molecule has 4 N–H and O–H groups in total. The highest BCUT2D eigenvalue weighted by molar-refractivity contribution is 5.66. The number of nitriles is 1. The van der Waals surface area contributed by atoms with Gasteiger partial charge >= 0.3 is 6.09 Å². The van der Waals surface area contributed by atoms with E-state index in [2.05, 4.69) is 31.0 Å². The molecule has 0 saturated heterocycles. The third kappa shape index (κ3) is 4.98. The number of nitrogens with one attached hydrogen (secondary N) is 3. The Labute approximate surface area is 187 Å². The van der Waals surface area contributed by atoms with Crippen LogP contribution in [-0.2, 0) is 0 Å². The van der Waals surface area contributed by atoms with Gasteiger partial charge in [0.15, 0.2) is 5.82 Å². The van der Waals surface area contributed by atoms with Crippen LogP contribution >= 0.6 is 0 Å². The first kappa shape index (κ1) is 21.9. The SMILES string of the molecule is N#Cc1cnc(N[C@H]2[C@@H](NC(=O)O)CCCC2(F)F)nc1Nc1cccc(-n2cccn2)c1. The van der Waals surface area contributed by atoms with Crippen molar-refractivity contribution in [3.05, 3.63) is 54.5 Å². The summed E-state index contributed by atoms with van der Waals surface area (Å²) in [7, 11) is 0. The van der Waals surface area contributed by atoms with Gasteiger partial charge in [-0.25, -0.2) is 23.2 Å². The fraction of sp³-hybridized carbons (Fsp3) is 0.286. The number of hydrogen-bond donors (Lipinski definition) is 4. The van der Waals surface area contributed by atoms with Gasteiger partial charge in [0, 0.05) is 24.5 Å². The van der Waals surface area contributed by atoms with E-state index in [4.69, 9.17) is 5.11 Å². The fourth-order valence-electron chi connectivity index (χ4n) is 3.75. The zero-order valence-corrected chi connectivity index (χ0v) is 17.2. The van der Waals surface area contributed by atoms with E-state index in [0.29, 0.717) is 5.69 Å². The Balaban J connectivity index is 1.60. The van der Waals surface area contributed by atoms with Gasteiger partial charge in [-0.2, -0.15) is 15.3 Å². The van der Waals surface area contributed by atoms with E-state index in [9.17, 15) is 18.8 Å². The van der Waals surface area contributed by atoms with Crippen molar-refractivity contribution in [3.8, 4) is 11.8 Å². The molecule has 2 aromatic heterocycles. The zero-order chi connectivity index (χ0) is 23.4. The van der Waals surface area contributed by atoms with Crippen molar-refractivity contribution in [3.63, 3.8) is 0 Å². The summed E-state index contributed by atoms with van der Waals surface area (Å²) in [5.41, 5.74) is 1.47. The minimum atomic E-state index is -3.17. The number of halogens is 2. The number of hydrogen-bond acceptors (Lipinski definition) is 7. The van der Waals surface area contributed by atoms with Crippen LogP contribution in [0.4, 0.5) is 31.0 Å². The van der Waals surface area contributed by atoms with Gasteiger partial charge in [0.2, 0.25) is 5.95 Å². The van der Waals surface area contributed by atoms with Crippen LogP contribution in [0, 0.1) is 11.3 Å². The Morgan fingerprint density at radius 3 is 2.91 bits per heavy atom. The van der Waals surface area contributed by atoms with Gasteiger partial charge in [-0.15, -0.1) is 0 Å². The van der Waals surface area contributed by atoms with Crippen molar-refractivity contribution < 1.29 is 18.7 Å². The van der Waals surface area contributed by atoms with Crippen LogP contribution in [0.15, 0.2) is 48.9 Å². The first-order valence-electron chi connectivity index (χ1n) is 10.1. The number of carboxylic acid groups (broad SMARTS) is 1. The summed E-state index contributed by atoms with van der Waals surface area (Å²) in [5.74, 6) is -3.20. The maximum atomic E-state index is 14.6. The second-order valence-electron chi connectivity index (χ2n) is 7.52. The molecule has 10 nitrogen and oxygen atoms in total. The molecular formula is C21H20F2N8O2. The molecule has 0 bridgehead atoms. The maximum absolute atomic E-state index is 14.6. The van der Waals surface area contributed by atoms with Gasteiger partial charge < -0.3 is 21.1 Å². The van der Waals surface area contributed by atoms with Crippen LogP contribution in [0.5, 0.6) is 0 Å². The van der Waals surface area contributed by atoms with Crippen molar-refractivity contribution >= 4 is 23.5 Å². The predicted octanol–water partition coefficient (Wildman–Crippen LogP) is 3.51. The molecule has 1 amide bonds. The van der Waals surface area contributed by atoms with E-state index in [1.807, 2.05) is 12.1 Å². The highest BCUT2D eigenvalue weighted by Crippen LogP contribution is 2.35. The molecule has 1 aromatic carbocycles. The molecule has 1 aliphatic carbocycles. The number of aromatic nitrogens is 4. The van der Waals surface area contributed by atoms with Crippen molar-refractivity contribution in [2.24, 2.45) is 0 Å². The van der Waals surface area contributed by atoms with Crippen LogP contribution in [0.1, 0.15) is 24.8 Å². The van der Waals surface area contributed by atoms with Crippen LogP contribution in [-0.4, -0.2) is 49.0 Å². The lowest BCUT2D eigenvalue weighted by molar-refractivity contribution is -0.0549. The molecular weight excluding hydrogens is 434 g/mol. The predicted molar refractivity (Wildman–Crippen MR) is 115 cm³/mol. The van der Waals surface area contributed by atoms with Crippen LogP contribution in [0.2, 0.25) is 0 Å². The second kappa shape index (κ2) is 9.07. The fourth-order valence-corrected chi connectivity index (χ4v) is 3.75. The normalized spacial score (nSPS) is 19.3. The molecule has 0 radical (unpaired) electrons. The summed E-state index contributed by atoms with van der Waals surface area (Å²) in [6.07, 6.45) is 3.30. The molecule has 2 heterocycles. The van der Waals surface area contributed by atoms with E-state index >= 15 is 0 Å². The quantitative estimate of drug-likeness (QED) is 0.443. The first-order valence-corrected chi connectivity index (χ1v) is 10.1. The summed E-state index contributed by atoms with van der Waals surface area (Å²) in [4.78, 5) is 19.3. The van der Waals surface area contributed by atoms with Crippen molar-refractivity contribution in [1.29, 1.82) is 5.26 Å². The molecule has 1 fully saturated rings. The van der Waals surface area contributed by atoms with Crippen molar-refractivity contribution in [1.82, 2.24) is 25.1 Å². The number of rotatable bonds is 6. The minimum Gasteiger partial charge on any atom is -0.465 e. The largest absolute Gasteiger partial charge is 0.465 e. The topological polar surface area (TPSA) is 141 Å². The van der Waals surface area contributed by atoms with E-state index < -0.39 is 24.1 Å². The Bertz CT molecular complexity index is 1180. The molecule has 4 rings (SSSR count). The molecule has 0 unspecified atom stereocenters. The number of amides is 1. The van der Waals surface area contributed by atoms with Crippen molar-refractivity contribution in [2.75, 3.05) is 10.6 Å². The Morgan fingerprint density at radius 1 is 1.33 bits per heavy atom. The summed E-state index contributed by atoms with van der Waals surface area (Å²) < 4.78 is 30.9. The maximum Gasteiger partial charge on any atom is 0.404 e. The Kier molecular flexibility index (Phi) is 6.03. The van der Waals surface area contributed by atoms with E-state index in [-0.39, 0.29) is 36.6 Å². The summed E-state index contributed by atoms with van der Waals surface area (Å²) >= 11 is 0. The molecule has 1 saturated carbocycles. The number of anilines is 3. The summed E-state index contributed by atoms with van der Waals surface area (Å²) in [6, 6.07) is 8.37. The second-order valence-corrected chi connectivity index (χ2v) is 7.52. The third-order valence-electron chi connectivity index (χ3n) is 5.26. The Morgan fingerprint density at radius 2 is 2.18 bits per heavy atom. The van der Waals surface area contributed by atoms with Crippen LogP contribution in [0.3, 0.4) is 0 Å². The van der Waals surface area contributed by atoms with E-state index in [0.717, 1.165) is 5.69 Å². The molecule has 0 aliphatic heterocycles. The van der Waals surface area contributed by atoms with E-state index in [1.54, 1.807) is 41.3 Å². The number of nitrogens with zero attached hydrogens (tertiary/aromatic N) is 5. The third-order valence-corrected chi connectivity index (χ3v) is 5.26. The lowest BCUT2D eigenvalue weighted by Crippen LogP contribution is -2.57. The molecule has 170 valence electrons. The number of alkyl halides is 2. The average Bonchev–Trinajstić information content (AvgIpc) is 3.31.